The van der Waals surface area contributed by atoms with E-state index in [2.05, 4.69) is 41.5 Å². The van der Waals surface area contributed by atoms with Gasteiger partial charge in [-0.15, -0.1) is 0 Å². The van der Waals surface area contributed by atoms with Crippen molar-refractivity contribution in [3.63, 3.8) is 0 Å². The third kappa shape index (κ3) is 1.83. The summed E-state index contributed by atoms with van der Waals surface area (Å²) in [6.07, 6.45) is 2.21. The zero-order valence-electron chi connectivity index (χ0n) is 10.6. The van der Waals surface area contributed by atoms with E-state index in [0.29, 0.717) is 6.04 Å². The first kappa shape index (κ1) is 11.1. The first-order valence-electron chi connectivity index (χ1n) is 6.36. The van der Waals surface area contributed by atoms with E-state index < -0.39 is 0 Å². The van der Waals surface area contributed by atoms with Crippen molar-refractivity contribution in [2.75, 3.05) is 27.2 Å². The van der Waals surface area contributed by atoms with Crippen LogP contribution in [0.1, 0.15) is 24.4 Å². The molecule has 0 bridgehead atoms. The molecule has 0 amide bonds. The minimum atomic E-state index is 0.0246. The second-order valence-corrected chi connectivity index (χ2v) is 5.36. The van der Waals surface area contributed by atoms with Gasteiger partial charge in [-0.1, -0.05) is 18.2 Å². The van der Waals surface area contributed by atoms with E-state index in [4.69, 9.17) is 4.74 Å². The summed E-state index contributed by atoms with van der Waals surface area (Å²) in [6.45, 7) is 2.18. The van der Waals surface area contributed by atoms with E-state index in [1.165, 1.54) is 5.56 Å². The number of likely N-dealkylation sites (tertiary alicyclic amines) is 1. The molecule has 1 fully saturated rings. The van der Waals surface area contributed by atoms with Gasteiger partial charge in [-0.2, -0.15) is 0 Å². The van der Waals surface area contributed by atoms with E-state index in [-0.39, 0.29) is 5.60 Å². The molecule has 2 aliphatic heterocycles. The molecule has 0 aliphatic carbocycles. The van der Waals surface area contributed by atoms with E-state index in [1.54, 1.807) is 0 Å². The number of hydrogen-bond acceptors (Lipinski definition) is 3. The van der Waals surface area contributed by atoms with Gasteiger partial charge in [-0.3, -0.25) is 0 Å². The van der Waals surface area contributed by atoms with Crippen LogP contribution in [0.4, 0.5) is 0 Å². The van der Waals surface area contributed by atoms with Crippen LogP contribution in [0.25, 0.3) is 0 Å². The predicted molar refractivity (Wildman–Crippen MR) is 68.3 cm³/mol. The van der Waals surface area contributed by atoms with Crippen molar-refractivity contribution in [1.82, 2.24) is 10.2 Å². The molecule has 0 aromatic heterocycles. The van der Waals surface area contributed by atoms with E-state index in [9.17, 15) is 0 Å². The average molecular weight is 232 g/mol. The molecule has 92 valence electrons. The van der Waals surface area contributed by atoms with E-state index in [1.807, 2.05) is 7.05 Å². The van der Waals surface area contributed by atoms with Gasteiger partial charge in [0, 0.05) is 37.5 Å². The Morgan fingerprint density at radius 1 is 1.41 bits per heavy atom. The SMILES string of the molecule is CNC1CC2(CCN(C)C2)Oc2ccccc21. The summed E-state index contributed by atoms with van der Waals surface area (Å²) in [6, 6.07) is 8.83. The Bertz CT molecular complexity index is 420. The van der Waals surface area contributed by atoms with Crippen LogP contribution in [0.5, 0.6) is 5.75 Å². The number of hydrogen-bond donors (Lipinski definition) is 1. The monoisotopic (exact) mass is 232 g/mol. The molecular formula is C14H20N2O. The minimum Gasteiger partial charge on any atom is -0.485 e. The maximum atomic E-state index is 6.30. The number of para-hydroxylation sites is 1. The summed E-state index contributed by atoms with van der Waals surface area (Å²) < 4.78 is 6.30. The van der Waals surface area contributed by atoms with Crippen molar-refractivity contribution in [2.24, 2.45) is 0 Å². The molecule has 2 aliphatic rings. The maximum absolute atomic E-state index is 6.30. The minimum absolute atomic E-state index is 0.0246. The molecule has 3 nitrogen and oxygen atoms in total. The standard InChI is InChI=1S/C14H20N2O/c1-15-12-9-14(7-8-16(2)10-14)17-13-6-4-3-5-11(12)13/h3-6,12,15H,7-10H2,1-2H3. The van der Waals surface area contributed by atoms with Gasteiger partial charge in [0.25, 0.3) is 0 Å². The summed E-state index contributed by atoms with van der Waals surface area (Å²) >= 11 is 0. The van der Waals surface area contributed by atoms with Crippen LogP contribution < -0.4 is 10.1 Å². The van der Waals surface area contributed by atoms with Crippen molar-refractivity contribution in [3.8, 4) is 5.75 Å². The molecule has 1 N–H and O–H groups in total. The Hall–Kier alpha value is -1.06. The fourth-order valence-electron chi connectivity index (χ4n) is 3.17. The molecule has 17 heavy (non-hydrogen) atoms. The second kappa shape index (κ2) is 4.00. The number of rotatable bonds is 1. The maximum Gasteiger partial charge on any atom is 0.125 e. The van der Waals surface area contributed by atoms with E-state index >= 15 is 0 Å². The first-order chi connectivity index (χ1) is 8.22. The van der Waals surface area contributed by atoms with Gasteiger partial charge in [-0.05, 0) is 20.2 Å². The highest BCUT2D eigenvalue weighted by Gasteiger charge is 2.44. The quantitative estimate of drug-likeness (QED) is 0.799. The van der Waals surface area contributed by atoms with Crippen LogP contribution in [0.3, 0.4) is 0 Å². The molecule has 1 aromatic rings. The normalized spacial score (nSPS) is 32.5. The van der Waals surface area contributed by atoms with Crippen LogP contribution in [-0.2, 0) is 0 Å². The van der Waals surface area contributed by atoms with Gasteiger partial charge in [0.05, 0.1) is 0 Å². The summed E-state index contributed by atoms with van der Waals surface area (Å²) in [5.41, 5.74) is 1.33. The molecule has 2 atom stereocenters. The van der Waals surface area contributed by atoms with E-state index in [0.717, 1.165) is 31.7 Å². The van der Waals surface area contributed by atoms with Crippen LogP contribution >= 0.6 is 0 Å². The predicted octanol–water partition coefficient (Wildman–Crippen LogP) is 1.80. The molecule has 0 radical (unpaired) electrons. The molecule has 1 aromatic carbocycles. The van der Waals surface area contributed by atoms with Gasteiger partial charge in [0.1, 0.15) is 11.4 Å². The highest BCUT2D eigenvalue weighted by Crippen LogP contribution is 2.43. The van der Waals surface area contributed by atoms with Crippen LogP contribution in [0.15, 0.2) is 24.3 Å². The summed E-state index contributed by atoms with van der Waals surface area (Å²) in [7, 11) is 4.21. The molecular weight excluding hydrogens is 212 g/mol. The molecule has 3 rings (SSSR count). The Morgan fingerprint density at radius 2 is 2.24 bits per heavy atom. The number of fused-ring (bicyclic) bond motifs is 1. The Morgan fingerprint density at radius 3 is 2.94 bits per heavy atom. The fraction of sp³-hybridized carbons (Fsp3) is 0.571. The lowest BCUT2D eigenvalue weighted by Crippen LogP contribution is -2.45. The third-order valence-electron chi connectivity index (χ3n) is 4.05. The smallest absolute Gasteiger partial charge is 0.125 e. The molecule has 1 saturated heterocycles. The first-order valence-corrected chi connectivity index (χ1v) is 6.36. The highest BCUT2D eigenvalue weighted by molar-refractivity contribution is 5.39. The third-order valence-corrected chi connectivity index (χ3v) is 4.05. The zero-order chi connectivity index (χ0) is 11.9. The van der Waals surface area contributed by atoms with Gasteiger partial charge in [0.15, 0.2) is 0 Å². The Balaban J connectivity index is 1.95. The number of likely N-dealkylation sites (N-methyl/N-ethyl adjacent to an activating group) is 1. The van der Waals surface area contributed by atoms with Crippen molar-refractivity contribution < 1.29 is 4.74 Å². The van der Waals surface area contributed by atoms with Crippen molar-refractivity contribution in [3.05, 3.63) is 29.8 Å². The lowest BCUT2D eigenvalue weighted by molar-refractivity contribution is 0.0420. The van der Waals surface area contributed by atoms with Crippen molar-refractivity contribution >= 4 is 0 Å². The number of ether oxygens (including phenoxy) is 1. The molecule has 1 spiro atoms. The molecule has 3 heteroatoms. The highest BCUT2D eigenvalue weighted by atomic mass is 16.5. The van der Waals surface area contributed by atoms with Crippen molar-refractivity contribution in [2.45, 2.75) is 24.5 Å². The van der Waals surface area contributed by atoms with Gasteiger partial charge >= 0.3 is 0 Å². The molecule has 2 heterocycles. The van der Waals surface area contributed by atoms with Crippen LogP contribution in [-0.4, -0.2) is 37.7 Å². The molecule has 0 saturated carbocycles. The number of nitrogens with zero attached hydrogens (tertiary/aromatic N) is 1. The number of nitrogens with one attached hydrogen (secondary N) is 1. The van der Waals surface area contributed by atoms with Crippen LogP contribution in [0, 0.1) is 0 Å². The number of benzene rings is 1. The molecule has 2 unspecified atom stereocenters. The lowest BCUT2D eigenvalue weighted by Gasteiger charge is -2.39. The topological polar surface area (TPSA) is 24.5 Å². The average Bonchev–Trinajstić information content (AvgIpc) is 2.69. The second-order valence-electron chi connectivity index (χ2n) is 5.36. The summed E-state index contributed by atoms with van der Waals surface area (Å²) in [5, 5.41) is 3.43. The Kier molecular flexibility index (Phi) is 2.60. The zero-order valence-corrected chi connectivity index (χ0v) is 10.6. The van der Waals surface area contributed by atoms with Gasteiger partial charge in [-0.25, -0.2) is 0 Å². The summed E-state index contributed by atoms with van der Waals surface area (Å²) in [5.74, 6) is 1.06. The largest absolute Gasteiger partial charge is 0.485 e. The van der Waals surface area contributed by atoms with Crippen molar-refractivity contribution in [1.29, 1.82) is 0 Å². The lowest BCUT2D eigenvalue weighted by atomic mass is 9.86. The van der Waals surface area contributed by atoms with Gasteiger partial charge < -0.3 is 15.0 Å². The van der Waals surface area contributed by atoms with Crippen LogP contribution in [0.2, 0.25) is 0 Å². The van der Waals surface area contributed by atoms with Gasteiger partial charge in [0.2, 0.25) is 0 Å². The summed E-state index contributed by atoms with van der Waals surface area (Å²) in [4.78, 5) is 2.36. The Labute approximate surface area is 103 Å². The fourth-order valence-corrected chi connectivity index (χ4v) is 3.17.